The summed E-state index contributed by atoms with van der Waals surface area (Å²) >= 11 is 0. The van der Waals surface area contributed by atoms with Crippen LogP contribution in [0.1, 0.15) is 331 Å². The zero-order chi connectivity index (χ0) is 103. The third-order valence-electron chi connectivity index (χ3n) is 26.0. The Morgan fingerprint density at radius 2 is 0.547 bits per heavy atom. The second-order valence-electron chi connectivity index (χ2n) is 39.5. The number of carbonyl (C=O) groups is 2. The smallest absolute Gasteiger partial charge is 0.394 e. The summed E-state index contributed by atoms with van der Waals surface area (Å²) in [6, 6.07) is -3.71. The number of hydrogen-bond acceptors (Lipinski definition) is 25. The average Bonchev–Trinajstić information content (AvgIpc) is 0.764. The van der Waals surface area contributed by atoms with Gasteiger partial charge in [0.15, 0.2) is 25.2 Å². The van der Waals surface area contributed by atoms with E-state index in [0.29, 0.717) is 6.42 Å². The van der Waals surface area contributed by atoms with Gasteiger partial charge in [0, 0.05) is 13.8 Å². The maximum atomic E-state index is 13.5. The summed E-state index contributed by atoms with van der Waals surface area (Å²) in [6.45, 7) is 35.5. The number of carbonyl (C=O) groups excluding carboxylic acids is 2. The van der Waals surface area contributed by atoms with Crippen LogP contribution < -0.4 is 10.6 Å². The van der Waals surface area contributed by atoms with Crippen molar-refractivity contribution < 1.29 is 131 Å². The normalized spacial score (nSPS) is 28.2. The molecule has 4 aliphatic rings. The highest BCUT2D eigenvalue weighted by Gasteiger charge is 2.57. The number of allylic oxidation sites excluding steroid dienone is 30. The topological polar surface area (TPSA) is 448 Å². The van der Waals surface area contributed by atoms with Gasteiger partial charge >= 0.3 is 15.6 Å². The Morgan fingerprint density at radius 1 is 0.295 bits per heavy atom. The summed E-state index contributed by atoms with van der Waals surface area (Å²) in [7, 11) is -11.2. The van der Waals surface area contributed by atoms with Crippen molar-refractivity contribution in [1.82, 2.24) is 10.6 Å². The van der Waals surface area contributed by atoms with Gasteiger partial charge in [-0.2, -0.15) is 4.31 Å². The van der Waals surface area contributed by atoms with Crippen molar-refractivity contribution in [3.05, 3.63) is 175 Å². The van der Waals surface area contributed by atoms with Gasteiger partial charge in [0.2, 0.25) is 11.8 Å². The van der Waals surface area contributed by atoms with Gasteiger partial charge in [-0.05, 0) is 316 Å². The van der Waals surface area contributed by atoms with E-state index in [-0.39, 0.29) is 18.9 Å². The van der Waals surface area contributed by atoms with Crippen LogP contribution in [0, 0.1) is 5.92 Å². The zero-order valence-corrected chi connectivity index (χ0v) is 89.0. The van der Waals surface area contributed by atoms with Crippen LogP contribution in [-0.4, -0.2) is 234 Å². The van der Waals surface area contributed by atoms with E-state index in [1.165, 1.54) is 90.0 Å². The highest BCUT2D eigenvalue weighted by atomic mass is 31.3. The predicted octanol–water partition coefficient (Wildman–Crippen LogP) is 18.7. The van der Waals surface area contributed by atoms with Gasteiger partial charge < -0.3 is 110 Å². The summed E-state index contributed by atoms with van der Waals surface area (Å²) in [6.07, 6.45) is 33.7. The molecule has 4 fully saturated rings. The van der Waals surface area contributed by atoms with Gasteiger partial charge in [0.1, 0.15) is 97.5 Å². The first-order valence-corrected chi connectivity index (χ1v) is 53.6. The van der Waals surface area contributed by atoms with Crippen molar-refractivity contribution in [2.75, 3.05) is 33.0 Å². The fraction of sp³-hybridized carbons (Fsp3) is 0.704. The zero-order valence-electron chi connectivity index (χ0n) is 87.2. The van der Waals surface area contributed by atoms with Crippen LogP contribution in [0.5, 0.6) is 0 Å². The highest BCUT2D eigenvalue weighted by Crippen LogP contribution is 2.61. The lowest BCUT2D eigenvalue weighted by molar-refractivity contribution is -0.379. The fourth-order valence-electron chi connectivity index (χ4n) is 17.0. The summed E-state index contributed by atoms with van der Waals surface area (Å²) in [4.78, 5) is 46.8. The average molecular weight is 2000 g/mol. The number of aliphatic hydroxyl groups is 11. The molecule has 4 aliphatic heterocycles. The quantitative estimate of drug-likeness (QED) is 0.0199. The minimum Gasteiger partial charge on any atom is -0.394 e. The van der Waals surface area contributed by atoms with Crippen molar-refractivity contribution >= 4 is 27.5 Å². The first-order valence-electron chi connectivity index (χ1n) is 50.6. The molecule has 15 N–H and O–H groups in total. The molecule has 794 valence electrons. The second-order valence-corrected chi connectivity index (χ2v) is 42.5. The number of phosphoric ester groups is 2. The summed E-state index contributed by atoms with van der Waals surface area (Å²) in [5.74, 6) is -1.77. The molecular weight excluding hydrogens is 1820 g/mol. The van der Waals surface area contributed by atoms with Gasteiger partial charge in [-0.25, -0.2) is 9.13 Å². The van der Waals surface area contributed by atoms with E-state index in [4.69, 9.17) is 42.2 Å². The summed E-state index contributed by atoms with van der Waals surface area (Å²) < 4.78 is 81.6. The molecule has 4 heterocycles. The summed E-state index contributed by atoms with van der Waals surface area (Å²) in [5, 5.41) is 123. The number of aliphatic hydroxyl groups excluding tert-OH is 11. The van der Waals surface area contributed by atoms with Gasteiger partial charge in [-0.15, -0.1) is 0 Å². The molecule has 0 aromatic carbocycles. The third-order valence-corrected chi connectivity index (χ3v) is 28.6. The molecule has 0 aromatic heterocycles. The van der Waals surface area contributed by atoms with E-state index >= 15 is 0 Å². The number of ether oxygens (including phenoxy) is 7. The maximum absolute atomic E-state index is 13.5. The molecule has 4 rings (SSSR count). The molecule has 0 bridgehead atoms. The van der Waals surface area contributed by atoms with Crippen LogP contribution in [0.15, 0.2) is 175 Å². The number of phosphoric acid groups is 2. The Hall–Kier alpha value is -5.42. The van der Waals surface area contributed by atoms with Crippen LogP contribution in [0.25, 0.3) is 0 Å². The molecule has 0 spiro atoms. The lowest BCUT2D eigenvalue weighted by Crippen LogP contribution is -2.70. The van der Waals surface area contributed by atoms with E-state index < -0.39 is 177 Å². The summed E-state index contributed by atoms with van der Waals surface area (Å²) in [5.41, 5.74) is 21.8. The van der Waals surface area contributed by atoms with Gasteiger partial charge in [0.25, 0.3) is 0 Å². The molecule has 23 atom stereocenters. The van der Waals surface area contributed by atoms with E-state index in [2.05, 4.69) is 217 Å². The number of amides is 2. The second kappa shape index (κ2) is 68.1. The molecule has 0 saturated carbocycles. The van der Waals surface area contributed by atoms with E-state index in [0.717, 1.165) is 194 Å². The van der Waals surface area contributed by atoms with Crippen LogP contribution >= 0.6 is 15.6 Å². The third kappa shape index (κ3) is 51.0. The van der Waals surface area contributed by atoms with Gasteiger partial charge in [-0.1, -0.05) is 182 Å². The molecule has 4 saturated heterocycles. The first kappa shape index (κ1) is 126. The fourth-order valence-corrected chi connectivity index (χ4v) is 19.1. The Kier molecular flexibility index (Phi) is 61.7. The van der Waals surface area contributed by atoms with Crippen LogP contribution in [0.2, 0.25) is 0 Å². The molecule has 3 unspecified atom stereocenters. The Bertz CT molecular complexity index is 4240. The lowest BCUT2D eigenvalue weighted by atomic mass is 9.94. The van der Waals surface area contributed by atoms with Crippen LogP contribution in [0.4, 0.5) is 0 Å². The highest BCUT2D eigenvalue weighted by molar-refractivity contribution is 7.61. The van der Waals surface area contributed by atoms with Crippen molar-refractivity contribution in [2.45, 2.75) is 453 Å². The number of hydrogen-bond donors (Lipinski definition) is 15. The van der Waals surface area contributed by atoms with Crippen LogP contribution in [0.3, 0.4) is 0 Å². The molecular formula is C108H180N2O27P2. The van der Waals surface area contributed by atoms with E-state index in [1.54, 1.807) is 0 Å². The largest absolute Gasteiger partial charge is 0.483 e. The van der Waals surface area contributed by atoms with E-state index in [9.17, 15) is 84.7 Å². The predicted molar refractivity (Wildman–Crippen MR) is 547 cm³/mol. The molecule has 31 heteroatoms. The molecule has 0 radical (unpaired) electrons. The van der Waals surface area contributed by atoms with Crippen molar-refractivity contribution in [1.29, 1.82) is 0 Å². The van der Waals surface area contributed by atoms with Gasteiger partial charge in [0.05, 0.1) is 33.0 Å². The molecule has 0 aliphatic carbocycles. The minimum absolute atomic E-state index is 0.0295. The van der Waals surface area contributed by atoms with E-state index in [1.807, 2.05) is 6.92 Å². The first-order chi connectivity index (χ1) is 65.8. The van der Waals surface area contributed by atoms with Crippen molar-refractivity contribution in [3.63, 3.8) is 0 Å². The standard InChI is InChI=1S/C108H180N2O27P2/c1-71(2)35-20-36-72(3)37-21-38-73(4)39-22-40-74(5)41-23-42-75(6)43-24-44-76(7)45-25-46-77(8)47-26-48-78(9)49-27-50-79(10)51-28-52-80(11)53-29-54-81(12)55-30-56-82(13)57-31-58-83(14)59-32-60-84(15)61-33-62-85(16)63-34-64-86(17)65-66-128-138(124,125)137-139(126,127)136-106-94(110-88(19)116)98(120)102(92(70-114)132-106)133-105-93(109-87(18)115)97(119)103(91(69-113)131-105)134-108-101(123)104(96(118)90(68-112)130-108)135-107-100(122)99(121)95(117)89(67-111)129-107/h35,37,39,41,43,45,47,49,51,53,55,57,59,61,63,86,89-108,111-114,117-123H,20-34,36,38,40,42,44,46,48,50,52,54,56,58,60,62,64-70H2,1-19H3,(H,109,115)(H,110,116)(H,124,125)(H,126,127)/b72-37+,73-39+,74-41+,75-43+,76-45+,77-47+,78-49+,79-51+,80-53+,81-55+,82-57+,83-59+,84-61+,85-63+/t86?,89-,90-,91-,92-,93-,94-,95-,96-,97-,98-,99+,100+,101+,102-,103-,104+,105+,106+,107-,108+/m1/s1. The number of rotatable bonds is 65. The lowest BCUT2D eigenvalue weighted by Gasteiger charge is -2.50. The molecule has 0 aromatic rings. The van der Waals surface area contributed by atoms with Crippen molar-refractivity contribution in [2.24, 2.45) is 5.92 Å². The van der Waals surface area contributed by atoms with Gasteiger partial charge in [-0.3, -0.25) is 18.6 Å². The Labute approximate surface area is 831 Å². The molecule has 2 amide bonds. The number of nitrogens with one attached hydrogen (secondary N) is 2. The molecule has 29 nitrogen and oxygen atoms in total. The Balaban J connectivity index is 1.08. The monoisotopic (exact) mass is 2000 g/mol. The Morgan fingerprint density at radius 3 is 0.842 bits per heavy atom. The molecule has 139 heavy (non-hydrogen) atoms. The van der Waals surface area contributed by atoms with Crippen LogP contribution in [-0.2, 0) is 65.2 Å². The van der Waals surface area contributed by atoms with Crippen molar-refractivity contribution in [3.8, 4) is 0 Å². The minimum atomic E-state index is -5.76. The maximum Gasteiger partial charge on any atom is 0.483 e. The SMILES string of the molecule is CC(=O)N[C@H]1[C@H](O[C@H]2[C@H](O)[C@@H](NC(C)=O)[C@H](OP(=O)(O)OP(=O)(O)OCCC(C)CC/C=C(\C)CC/C=C(\C)CC/C=C(\C)CC/C=C(\C)CC/C=C(\C)CC/C=C(\C)CC/C=C(\C)CC/C=C(\C)CC/C=C(\C)CC/C=C(\C)CC/C=C(\C)CC/C=C(\C)CC/C=C(\C)CC/C=C(\C)CCC=C(C)C)O[C@@H]2CO)O[C@H](CO)[C@@H](O[C@@H]2O[C@H](CO)[C@@H](O)[C@H](O[C@H]3O[C@H](CO)[C@@H](O)[C@H](O)[C@@H]3O)[C@@H]2O)[C@@H]1O.